The van der Waals surface area contributed by atoms with E-state index in [0.29, 0.717) is 16.7 Å². The van der Waals surface area contributed by atoms with Crippen molar-refractivity contribution in [1.29, 1.82) is 0 Å². The second-order valence-corrected chi connectivity index (χ2v) is 8.10. The molecule has 0 aliphatic carbocycles. The van der Waals surface area contributed by atoms with Gasteiger partial charge in [0.25, 0.3) is 0 Å². The van der Waals surface area contributed by atoms with Gasteiger partial charge in [0.15, 0.2) is 0 Å². The largest absolute Gasteiger partial charge is 0.492 e. The van der Waals surface area contributed by atoms with E-state index in [1.165, 1.54) is 5.56 Å². The fourth-order valence-electron chi connectivity index (χ4n) is 4.03. The van der Waals surface area contributed by atoms with Gasteiger partial charge in [-0.1, -0.05) is 35.3 Å². The number of aliphatic hydroxyl groups is 1. The molecule has 0 saturated carbocycles. The SMILES string of the molecule is Cl.OCCN1CCC2(CC1)COc1cc(OCc3c(Cl)cccc3Cl)ccc12. The summed E-state index contributed by atoms with van der Waals surface area (Å²) >= 11 is 12.4. The maximum Gasteiger partial charge on any atom is 0.126 e. The van der Waals surface area contributed by atoms with E-state index in [2.05, 4.69) is 11.0 Å². The van der Waals surface area contributed by atoms with Crippen LogP contribution in [-0.2, 0) is 12.0 Å². The molecule has 1 spiro atoms. The molecule has 1 fully saturated rings. The Kier molecular flexibility index (Phi) is 7.00. The fourth-order valence-corrected chi connectivity index (χ4v) is 4.54. The molecule has 152 valence electrons. The highest BCUT2D eigenvalue weighted by Gasteiger charge is 2.43. The summed E-state index contributed by atoms with van der Waals surface area (Å²) in [6, 6.07) is 11.5. The number of rotatable bonds is 5. The maximum absolute atomic E-state index is 9.13. The summed E-state index contributed by atoms with van der Waals surface area (Å²) in [6.07, 6.45) is 2.10. The maximum atomic E-state index is 9.13. The first-order chi connectivity index (χ1) is 13.1. The third kappa shape index (κ3) is 4.22. The van der Waals surface area contributed by atoms with Gasteiger partial charge in [0.1, 0.15) is 18.1 Å². The van der Waals surface area contributed by atoms with Gasteiger partial charge in [-0.05, 0) is 44.1 Å². The summed E-state index contributed by atoms with van der Waals surface area (Å²) in [5.74, 6) is 1.66. The van der Waals surface area contributed by atoms with E-state index >= 15 is 0 Å². The van der Waals surface area contributed by atoms with Gasteiger partial charge in [-0.15, -0.1) is 12.4 Å². The summed E-state index contributed by atoms with van der Waals surface area (Å²) in [6.45, 7) is 3.99. The number of hydrogen-bond acceptors (Lipinski definition) is 4. The number of benzene rings is 2. The number of nitrogens with zero attached hydrogens (tertiary/aromatic N) is 1. The average molecular weight is 445 g/mol. The number of fused-ring (bicyclic) bond motifs is 2. The molecule has 4 nitrogen and oxygen atoms in total. The molecule has 2 aliphatic heterocycles. The Labute approximate surface area is 181 Å². The molecule has 0 unspecified atom stereocenters. The van der Waals surface area contributed by atoms with Gasteiger partial charge < -0.3 is 19.5 Å². The van der Waals surface area contributed by atoms with Gasteiger partial charge in [-0.2, -0.15) is 0 Å². The van der Waals surface area contributed by atoms with E-state index in [-0.39, 0.29) is 24.4 Å². The quantitative estimate of drug-likeness (QED) is 0.725. The summed E-state index contributed by atoms with van der Waals surface area (Å²) < 4.78 is 11.9. The topological polar surface area (TPSA) is 41.9 Å². The Bertz CT molecular complexity index is 802. The number of halogens is 3. The summed E-state index contributed by atoms with van der Waals surface area (Å²) in [4.78, 5) is 2.31. The summed E-state index contributed by atoms with van der Waals surface area (Å²) in [5.41, 5.74) is 2.15. The zero-order valence-electron chi connectivity index (χ0n) is 15.5. The van der Waals surface area contributed by atoms with Crippen LogP contribution in [-0.4, -0.2) is 42.9 Å². The average Bonchev–Trinajstić information content (AvgIpc) is 3.01. The van der Waals surface area contributed by atoms with Crippen LogP contribution < -0.4 is 9.47 Å². The van der Waals surface area contributed by atoms with E-state index < -0.39 is 0 Å². The van der Waals surface area contributed by atoms with Crippen LogP contribution in [0.5, 0.6) is 11.5 Å². The normalized spacial score (nSPS) is 17.7. The minimum atomic E-state index is 0. The molecule has 1 N–H and O–H groups in total. The highest BCUT2D eigenvalue weighted by atomic mass is 35.5. The Morgan fingerprint density at radius 2 is 1.82 bits per heavy atom. The minimum Gasteiger partial charge on any atom is -0.492 e. The van der Waals surface area contributed by atoms with Crippen LogP contribution >= 0.6 is 35.6 Å². The number of hydrogen-bond donors (Lipinski definition) is 1. The first-order valence-corrected chi connectivity index (χ1v) is 10.0. The van der Waals surface area contributed by atoms with Crippen molar-refractivity contribution in [3.8, 4) is 11.5 Å². The Hall–Kier alpha value is -1.17. The van der Waals surface area contributed by atoms with Gasteiger partial charge in [0.05, 0.1) is 13.2 Å². The van der Waals surface area contributed by atoms with Gasteiger partial charge in [0.2, 0.25) is 0 Å². The first-order valence-electron chi connectivity index (χ1n) is 9.27. The van der Waals surface area contributed by atoms with Crippen LogP contribution in [0.2, 0.25) is 10.0 Å². The Morgan fingerprint density at radius 1 is 1.11 bits per heavy atom. The molecule has 0 radical (unpaired) electrons. The smallest absolute Gasteiger partial charge is 0.126 e. The van der Waals surface area contributed by atoms with Crippen molar-refractivity contribution in [3.05, 3.63) is 57.6 Å². The Morgan fingerprint density at radius 3 is 2.50 bits per heavy atom. The molecule has 1 saturated heterocycles. The number of piperidine rings is 1. The van der Waals surface area contributed by atoms with Gasteiger partial charge in [-0.3, -0.25) is 0 Å². The number of β-amino-alcohol motifs (C(OH)–C–C–N with tert-alkyl or cyclic N) is 1. The van der Waals surface area contributed by atoms with Crippen molar-refractivity contribution in [2.24, 2.45) is 0 Å². The predicted octanol–water partition coefficient (Wildman–Crippen LogP) is 4.71. The molecule has 0 aromatic heterocycles. The molecular weight excluding hydrogens is 421 g/mol. The summed E-state index contributed by atoms with van der Waals surface area (Å²) in [7, 11) is 0. The van der Waals surface area contributed by atoms with Crippen molar-refractivity contribution < 1.29 is 14.6 Å². The van der Waals surface area contributed by atoms with Crippen LogP contribution in [0, 0.1) is 0 Å². The Balaban J connectivity index is 0.00000225. The van der Waals surface area contributed by atoms with E-state index in [9.17, 15) is 0 Å². The second kappa shape index (κ2) is 9.10. The molecule has 28 heavy (non-hydrogen) atoms. The molecular formula is C21H24Cl3NO3. The van der Waals surface area contributed by atoms with Crippen LogP contribution in [0.15, 0.2) is 36.4 Å². The van der Waals surface area contributed by atoms with E-state index in [1.807, 2.05) is 30.3 Å². The molecule has 2 aliphatic rings. The lowest BCUT2D eigenvalue weighted by molar-refractivity contribution is 0.116. The van der Waals surface area contributed by atoms with Crippen LogP contribution in [0.3, 0.4) is 0 Å². The van der Waals surface area contributed by atoms with Gasteiger partial charge >= 0.3 is 0 Å². The van der Waals surface area contributed by atoms with E-state index in [4.69, 9.17) is 37.8 Å². The van der Waals surface area contributed by atoms with Crippen molar-refractivity contribution in [2.75, 3.05) is 32.8 Å². The fraction of sp³-hybridized carbons (Fsp3) is 0.429. The first kappa shape index (κ1) is 21.5. The van der Waals surface area contributed by atoms with Crippen molar-refractivity contribution in [1.82, 2.24) is 4.90 Å². The molecule has 7 heteroatoms. The zero-order valence-corrected chi connectivity index (χ0v) is 17.8. The lowest BCUT2D eigenvalue weighted by atomic mass is 9.74. The van der Waals surface area contributed by atoms with Crippen molar-refractivity contribution in [3.63, 3.8) is 0 Å². The van der Waals surface area contributed by atoms with E-state index in [0.717, 1.165) is 56.1 Å². The van der Waals surface area contributed by atoms with Crippen LogP contribution in [0.25, 0.3) is 0 Å². The molecule has 2 heterocycles. The lowest BCUT2D eigenvalue weighted by Crippen LogP contribution is -2.44. The van der Waals surface area contributed by atoms with Gasteiger partial charge in [-0.25, -0.2) is 0 Å². The number of likely N-dealkylation sites (tertiary alicyclic amines) is 1. The number of aliphatic hydroxyl groups excluding tert-OH is 1. The lowest BCUT2D eigenvalue weighted by Gasteiger charge is -2.38. The molecule has 0 amide bonds. The highest BCUT2D eigenvalue weighted by molar-refractivity contribution is 6.35. The zero-order chi connectivity index (χ0) is 18.9. The molecule has 0 atom stereocenters. The van der Waals surface area contributed by atoms with Crippen LogP contribution in [0.4, 0.5) is 0 Å². The third-order valence-electron chi connectivity index (χ3n) is 5.70. The van der Waals surface area contributed by atoms with Crippen LogP contribution in [0.1, 0.15) is 24.0 Å². The monoisotopic (exact) mass is 443 g/mol. The second-order valence-electron chi connectivity index (χ2n) is 7.28. The predicted molar refractivity (Wildman–Crippen MR) is 114 cm³/mol. The summed E-state index contributed by atoms with van der Waals surface area (Å²) in [5, 5.41) is 10.3. The molecule has 2 aromatic rings. The minimum absolute atomic E-state index is 0. The van der Waals surface area contributed by atoms with E-state index in [1.54, 1.807) is 0 Å². The number of ether oxygens (including phenoxy) is 2. The van der Waals surface area contributed by atoms with Crippen molar-refractivity contribution >= 4 is 35.6 Å². The molecule has 4 rings (SSSR count). The highest BCUT2D eigenvalue weighted by Crippen LogP contribution is 2.46. The third-order valence-corrected chi connectivity index (χ3v) is 6.41. The standard InChI is InChI=1S/C21H23Cl2NO3.ClH/c22-18-2-1-3-19(23)16(18)13-26-15-4-5-17-20(12-15)27-14-21(17)6-8-24(9-7-21)10-11-25;/h1-5,12,25H,6-11,13-14H2;1H. The molecule has 2 aromatic carbocycles. The van der Waals surface area contributed by atoms with Gasteiger partial charge in [0, 0.05) is 39.2 Å². The van der Waals surface area contributed by atoms with Crippen molar-refractivity contribution in [2.45, 2.75) is 24.9 Å². The molecule has 0 bridgehead atoms.